The summed E-state index contributed by atoms with van der Waals surface area (Å²) in [6, 6.07) is 12.1. The first-order chi connectivity index (χ1) is 30.7. The molecule has 4 aliphatic rings. The number of hydrogen-bond acceptors (Lipinski definition) is 11. The number of sulfonamides is 1. The molecule has 350 valence electrons. The van der Waals surface area contributed by atoms with Crippen molar-refractivity contribution in [1.82, 2.24) is 9.62 Å². The highest BCUT2D eigenvalue weighted by Gasteiger charge is 2.40. The van der Waals surface area contributed by atoms with Gasteiger partial charge in [-0.1, -0.05) is 47.5 Å². The highest BCUT2D eigenvalue weighted by molar-refractivity contribution is 7.89. The van der Waals surface area contributed by atoms with Crippen LogP contribution >= 0.6 is 23.2 Å². The van der Waals surface area contributed by atoms with Crippen LogP contribution in [-0.4, -0.2) is 81.5 Å². The molecule has 0 radical (unpaired) electrons. The van der Waals surface area contributed by atoms with Gasteiger partial charge in [0.1, 0.15) is 34.1 Å². The third-order valence-electron chi connectivity index (χ3n) is 10.6. The Morgan fingerprint density at radius 2 is 1.58 bits per heavy atom. The average Bonchev–Trinajstić information content (AvgIpc) is 4.08. The third kappa shape index (κ3) is 13.4. The van der Waals surface area contributed by atoms with Gasteiger partial charge in [-0.2, -0.15) is 31.4 Å². The lowest BCUT2D eigenvalue weighted by atomic mass is 9.86. The summed E-state index contributed by atoms with van der Waals surface area (Å²) >= 11 is 12.8. The Balaban J connectivity index is 0.000000925. The lowest BCUT2D eigenvalue weighted by Gasteiger charge is -2.44. The number of esters is 2. The third-order valence-corrected chi connectivity index (χ3v) is 12.7. The van der Waals surface area contributed by atoms with Gasteiger partial charge in [0, 0.05) is 18.5 Å². The summed E-state index contributed by atoms with van der Waals surface area (Å²) < 4.78 is 126. The largest absolute Gasteiger partial charge is 0.619 e. The number of carboxylic acids is 1. The maximum Gasteiger partial charge on any atom is 0.490 e. The Morgan fingerprint density at radius 3 is 2.17 bits per heavy atom. The summed E-state index contributed by atoms with van der Waals surface area (Å²) in [5.74, 6) is -5.29. The van der Waals surface area contributed by atoms with Crippen molar-refractivity contribution in [3.05, 3.63) is 122 Å². The number of alkyl halides is 5. The van der Waals surface area contributed by atoms with Crippen LogP contribution in [-0.2, 0) is 35.5 Å². The summed E-state index contributed by atoms with van der Waals surface area (Å²) in [6.07, 6.45) is -1.41. The number of piperidine rings is 3. The van der Waals surface area contributed by atoms with E-state index in [0.29, 0.717) is 11.3 Å². The van der Waals surface area contributed by atoms with E-state index < -0.39 is 69.7 Å². The number of hydrogen-bond donors (Lipinski definition) is 2. The van der Waals surface area contributed by atoms with Crippen LogP contribution in [0, 0.1) is 22.9 Å². The van der Waals surface area contributed by atoms with Crippen molar-refractivity contribution in [2.75, 3.05) is 26.2 Å². The van der Waals surface area contributed by atoms with Gasteiger partial charge in [0.05, 0.1) is 17.1 Å². The molecule has 2 N–H and O–H groups in total. The summed E-state index contributed by atoms with van der Waals surface area (Å²) in [5, 5.41) is 19.0. The van der Waals surface area contributed by atoms with E-state index in [1.165, 1.54) is 48.5 Å². The van der Waals surface area contributed by atoms with Gasteiger partial charge in [-0.25, -0.2) is 27.2 Å². The smallest absolute Gasteiger partial charge is 0.490 e. The quantitative estimate of drug-likeness (QED) is 0.0486. The van der Waals surface area contributed by atoms with E-state index in [4.69, 9.17) is 47.3 Å². The van der Waals surface area contributed by atoms with Gasteiger partial charge in [0.2, 0.25) is 10.0 Å². The molecule has 1 aromatic heterocycles. The zero-order chi connectivity index (χ0) is 47.2. The predicted octanol–water partition coefficient (Wildman–Crippen LogP) is 7.59. The Hall–Kier alpha value is -5.35. The van der Waals surface area contributed by atoms with Gasteiger partial charge in [-0.15, -0.1) is 0 Å². The molecule has 4 fully saturated rings. The van der Waals surface area contributed by atoms with E-state index in [1.54, 1.807) is 0 Å². The van der Waals surface area contributed by atoms with Crippen molar-refractivity contribution < 1.29 is 77.9 Å². The Morgan fingerprint density at radius 1 is 0.923 bits per heavy atom. The standard InChI is InChI=1S/C40H38Cl2F3N3O9S.C2HF3O2/c41-31-19-48(51)20-32(42)30(31)18-34(25-9-10-33(57-40(44)45)35(17-25)54-22-23-7-8-23)55-38(49)27-4-2-6-29(16-27)58(52,53)46-37(26-3-1-5-28(43)15-26)39(50)56-36-21-47-13-11-24(36)12-14-47;3-2(4,5)1(6)7/h1-6,9-10,15-17,19-20,23-24,34,36-37,40,46H,7-8,11-14,18,21-22H2;(H,6,7)/t34-,36-,37?;/m0./s1. The van der Waals surface area contributed by atoms with Crippen molar-refractivity contribution >= 4 is 51.1 Å². The first-order valence-corrected chi connectivity index (χ1v) is 22.0. The molecule has 8 rings (SSSR count). The van der Waals surface area contributed by atoms with Gasteiger partial charge in [-0.05, 0) is 104 Å². The van der Waals surface area contributed by atoms with Gasteiger partial charge < -0.3 is 29.3 Å². The molecule has 1 saturated carbocycles. The van der Waals surface area contributed by atoms with Crippen molar-refractivity contribution in [2.24, 2.45) is 11.8 Å². The molecule has 4 heterocycles. The van der Waals surface area contributed by atoms with E-state index >= 15 is 0 Å². The number of rotatable bonds is 16. The first kappa shape index (κ1) is 49.1. The Labute approximate surface area is 377 Å². The molecule has 0 amide bonds. The molecule has 3 atom stereocenters. The van der Waals surface area contributed by atoms with Crippen molar-refractivity contribution in [3.8, 4) is 11.5 Å². The van der Waals surface area contributed by atoms with Crippen LogP contribution in [0.4, 0.5) is 26.3 Å². The molecule has 65 heavy (non-hydrogen) atoms. The lowest BCUT2D eigenvalue weighted by molar-refractivity contribution is -0.605. The fourth-order valence-electron chi connectivity index (χ4n) is 7.07. The van der Waals surface area contributed by atoms with Gasteiger partial charge in [-0.3, -0.25) is 4.90 Å². The molecule has 4 aromatic rings. The Kier molecular flexibility index (Phi) is 15.8. The first-order valence-electron chi connectivity index (χ1n) is 19.8. The molecular weight excluding hydrogens is 939 g/mol. The maximum absolute atomic E-state index is 14.4. The average molecular weight is 979 g/mol. The van der Waals surface area contributed by atoms with Crippen LogP contribution in [0.1, 0.15) is 64.9 Å². The predicted molar refractivity (Wildman–Crippen MR) is 217 cm³/mol. The zero-order valence-electron chi connectivity index (χ0n) is 33.7. The SMILES string of the molecule is O=C(O)C(F)(F)F.O=C(O[C@@H](Cc1c(Cl)c[n+]([O-])cc1Cl)c1ccc(OC(F)F)c(OCC2CC2)c1)c1cccc(S(=O)(=O)NC(C(=O)O[C@H]2CN3CCC2CC3)c2cccc(F)c2)c1. The normalized spacial score (nSPS) is 19.1. The number of ether oxygens (including phenoxy) is 4. The summed E-state index contributed by atoms with van der Waals surface area (Å²) in [7, 11) is -4.60. The molecule has 3 aromatic carbocycles. The number of fused-ring (bicyclic) bond motifs is 3. The number of nitrogens with one attached hydrogen (secondary N) is 1. The number of carboxylic acid groups (broad SMARTS) is 1. The van der Waals surface area contributed by atoms with E-state index in [9.17, 15) is 49.6 Å². The highest BCUT2D eigenvalue weighted by Crippen LogP contribution is 2.38. The van der Waals surface area contributed by atoms with Crippen LogP contribution in [0.2, 0.25) is 10.0 Å². The molecule has 2 bridgehead atoms. The van der Waals surface area contributed by atoms with Crippen LogP contribution in [0.15, 0.2) is 84.0 Å². The lowest BCUT2D eigenvalue weighted by Crippen LogP contribution is -2.52. The number of carbonyl (C=O) groups excluding carboxylic acids is 2. The monoisotopic (exact) mass is 977 g/mol. The van der Waals surface area contributed by atoms with E-state index in [-0.39, 0.29) is 68.7 Å². The van der Waals surface area contributed by atoms with Crippen LogP contribution < -0.4 is 18.9 Å². The second-order valence-electron chi connectivity index (χ2n) is 15.3. The van der Waals surface area contributed by atoms with Crippen molar-refractivity contribution in [3.63, 3.8) is 0 Å². The zero-order valence-corrected chi connectivity index (χ0v) is 36.0. The number of benzene rings is 3. The van der Waals surface area contributed by atoms with Crippen molar-refractivity contribution in [1.29, 1.82) is 0 Å². The van der Waals surface area contributed by atoms with Crippen LogP contribution in [0.25, 0.3) is 0 Å². The number of pyridine rings is 1. The minimum absolute atomic E-state index is 0.0134. The number of nitrogens with zero attached hydrogens (tertiary/aromatic N) is 2. The molecular formula is C42H39Cl2F6N3O11S. The van der Waals surface area contributed by atoms with Crippen LogP contribution in [0.5, 0.6) is 11.5 Å². The maximum atomic E-state index is 14.4. The van der Waals surface area contributed by atoms with Gasteiger partial charge >= 0.3 is 30.7 Å². The molecule has 23 heteroatoms. The summed E-state index contributed by atoms with van der Waals surface area (Å²) in [4.78, 5) is 38.2. The van der Waals surface area contributed by atoms with Crippen LogP contribution in [0.3, 0.4) is 0 Å². The van der Waals surface area contributed by atoms with Gasteiger partial charge in [0.15, 0.2) is 23.9 Å². The number of aliphatic carboxylic acids is 1. The molecule has 3 aliphatic heterocycles. The number of halogens is 8. The molecule has 1 unspecified atom stereocenters. The fraction of sp³-hybridized carbons (Fsp3) is 0.381. The molecule has 14 nitrogen and oxygen atoms in total. The summed E-state index contributed by atoms with van der Waals surface area (Å²) in [5.41, 5.74) is 0.252. The minimum Gasteiger partial charge on any atom is -0.619 e. The Bertz CT molecular complexity index is 2470. The highest BCUT2D eigenvalue weighted by atomic mass is 35.5. The second-order valence-corrected chi connectivity index (χ2v) is 17.8. The van der Waals surface area contributed by atoms with E-state index in [1.807, 2.05) is 0 Å². The van der Waals surface area contributed by atoms with Crippen molar-refractivity contribution in [2.45, 2.75) is 68.0 Å². The number of aromatic nitrogens is 1. The van der Waals surface area contributed by atoms with E-state index in [0.717, 1.165) is 69.4 Å². The molecule has 3 saturated heterocycles. The second kappa shape index (κ2) is 20.9. The topological polar surface area (TPSA) is 185 Å². The summed E-state index contributed by atoms with van der Waals surface area (Å²) in [6.45, 7) is -0.646. The molecule has 0 spiro atoms. The van der Waals surface area contributed by atoms with E-state index in [2.05, 4.69) is 14.4 Å². The fourth-order valence-corrected chi connectivity index (χ4v) is 8.89. The van der Waals surface area contributed by atoms with Gasteiger partial charge in [0.25, 0.3) is 0 Å². The minimum atomic E-state index is -5.08. The molecule has 1 aliphatic carbocycles. The number of carbonyl (C=O) groups is 3.